The third-order valence-electron chi connectivity index (χ3n) is 4.53. The number of nitrogens with zero attached hydrogens (tertiary/aromatic N) is 3. The molecule has 2 saturated heterocycles. The summed E-state index contributed by atoms with van der Waals surface area (Å²) in [6.45, 7) is 3.06. The highest BCUT2D eigenvalue weighted by Gasteiger charge is 2.39. The Balaban J connectivity index is 1.89. The first-order valence-electron chi connectivity index (χ1n) is 7.45. The van der Waals surface area contributed by atoms with E-state index in [1.807, 2.05) is 0 Å². The van der Waals surface area contributed by atoms with Gasteiger partial charge in [-0.3, -0.25) is 15.0 Å². The van der Waals surface area contributed by atoms with Gasteiger partial charge >= 0.3 is 5.97 Å². The van der Waals surface area contributed by atoms with E-state index in [9.17, 15) is 14.9 Å². The van der Waals surface area contributed by atoms with Crippen molar-refractivity contribution in [1.29, 1.82) is 0 Å². The lowest BCUT2D eigenvalue weighted by Crippen LogP contribution is -2.48. The number of methoxy groups -OCH3 is 1. The van der Waals surface area contributed by atoms with Crippen molar-refractivity contribution in [2.75, 3.05) is 45.3 Å². The van der Waals surface area contributed by atoms with Crippen molar-refractivity contribution in [2.24, 2.45) is 0 Å². The molecule has 0 aliphatic carbocycles. The number of ether oxygens (including phenoxy) is 2. The standard InChI is InChI=1S/C15H19N3O5/c1-16-5-6-23-14-9-17(8-13(14)16)10-3-4-12(18(20)21)11(7-10)15(19)22-2/h3-4,7,13-14H,5-6,8-9H2,1-2H3. The van der Waals surface area contributed by atoms with Gasteiger partial charge in [-0.15, -0.1) is 0 Å². The van der Waals surface area contributed by atoms with Crippen molar-refractivity contribution in [3.05, 3.63) is 33.9 Å². The highest BCUT2D eigenvalue weighted by atomic mass is 16.6. The van der Waals surface area contributed by atoms with E-state index in [1.54, 1.807) is 6.07 Å². The normalized spacial score (nSPS) is 24.3. The first kappa shape index (κ1) is 15.7. The van der Waals surface area contributed by atoms with Crippen LogP contribution in [0.4, 0.5) is 11.4 Å². The summed E-state index contributed by atoms with van der Waals surface area (Å²) in [5.41, 5.74) is 0.493. The van der Waals surface area contributed by atoms with Gasteiger partial charge in [0.15, 0.2) is 0 Å². The maximum Gasteiger partial charge on any atom is 0.344 e. The molecule has 0 radical (unpaired) electrons. The lowest BCUT2D eigenvalue weighted by Gasteiger charge is -2.33. The molecule has 2 aliphatic heterocycles. The minimum absolute atomic E-state index is 0.0286. The molecule has 0 aromatic heterocycles. The van der Waals surface area contributed by atoms with Gasteiger partial charge in [-0.1, -0.05) is 0 Å². The molecular formula is C15H19N3O5. The summed E-state index contributed by atoms with van der Waals surface area (Å²) < 4.78 is 10.5. The number of carbonyl (C=O) groups excluding carboxylic acids is 1. The van der Waals surface area contributed by atoms with Gasteiger partial charge in [0.2, 0.25) is 0 Å². The van der Waals surface area contributed by atoms with Gasteiger partial charge in [0, 0.05) is 31.4 Å². The third-order valence-corrected chi connectivity index (χ3v) is 4.53. The molecular weight excluding hydrogens is 302 g/mol. The summed E-state index contributed by atoms with van der Waals surface area (Å²) >= 11 is 0. The maximum absolute atomic E-state index is 11.8. The minimum Gasteiger partial charge on any atom is -0.465 e. The van der Waals surface area contributed by atoms with Crippen LogP contribution in [0.15, 0.2) is 18.2 Å². The smallest absolute Gasteiger partial charge is 0.344 e. The second kappa shape index (κ2) is 6.13. The molecule has 0 spiro atoms. The van der Waals surface area contributed by atoms with Crippen LogP contribution in [0.2, 0.25) is 0 Å². The molecule has 2 fully saturated rings. The molecule has 3 rings (SSSR count). The zero-order valence-corrected chi connectivity index (χ0v) is 13.1. The molecule has 124 valence electrons. The van der Waals surface area contributed by atoms with Crippen LogP contribution in [0.25, 0.3) is 0 Å². The molecule has 0 N–H and O–H groups in total. The van der Waals surface area contributed by atoms with E-state index in [0.717, 1.165) is 18.8 Å². The fraction of sp³-hybridized carbons (Fsp3) is 0.533. The van der Waals surface area contributed by atoms with Gasteiger partial charge in [0.25, 0.3) is 5.69 Å². The number of carbonyl (C=O) groups is 1. The molecule has 8 heteroatoms. The number of esters is 1. The number of hydrogen-bond acceptors (Lipinski definition) is 7. The molecule has 2 aliphatic rings. The summed E-state index contributed by atoms with van der Waals surface area (Å²) in [5.74, 6) is -0.705. The zero-order valence-electron chi connectivity index (χ0n) is 13.1. The molecule has 23 heavy (non-hydrogen) atoms. The van der Waals surface area contributed by atoms with Crippen LogP contribution in [0.5, 0.6) is 0 Å². The average Bonchev–Trinajstić information content (AvgIpc) is 2.99. The van der Waals surface area contributed by atoms with E-state index >= 15 is 0 Å². The predicted molar refractivity (Wildman–Crippen MR) is 82.8 cm³/mol. The third kappa shape index (κ3) is 2.87. The predicted octanol–water partition coefficient (Wildman–Crippen LogP) is 0.901. The first-order chi connectivity index (χ1) is 11.0. The minimum atomic E-state index is -0.705. The van der Waals surface area contributed by atoms with Crippen LogP contribution in [0.3, 0.4) is 0 Å². The number of likely N-dealkylation sites (N-methyl/N-ethyl adjacent to an activating group) is 1. The molecule has 2 heterocycles. The van der Waals surface area contributed by atoms with Crippen LogP contribution in [0.1, 0.15) is 10.4 Å². The Kier molecular flexibility index (Phi) is 4.18. The summed E-state index contributed by atoms with van der Waals surface area (Å²) in [6, 6.07) is 4.85. The number of fused-ring (bicyclic) bond motifs is 1. The summed E-state index contributed by atoms with van der Waals surface area (Å²) in [4.78, 5) is 26.7. The Labute approximate surface area is 133 Å². The Bertz CT molecular complexity index is 636. The van der Waals surface area contributed by atoms with Gasteiger partial charge in [-0.25, -0.2) is 4.79 Å². The van der Waals surface area contributed by atoms with Gasteiger partial charge in [-0.05, 0) is 19.2 Å². The van der Waals surface area contributed by atoms with E-state index in [2.05, 4.69) is 21.6 Å². The number of nitro groups is 1. The van der Waals surface area contributed by atoms with Crippen LogP contribution < -0.4 is 4.90 Å². The molecule has 2 unspecified atom stereocenters. The number of hydrogen-bond donors (Lipinski definition) is 0. The number of benzene rings is 1. The van der Waals surface area contributed by atoms with Crippen molar-refractivity contribution < 1.29 is 19.2 Å². The first-order valence-corrected chi connectivity index (χ1v) is 7.45. The number of rotatable bonds is 3. The van der Waals surface area contributed by atoms with Crippen molar-refractivity contribution >= 4 is 17.3 Å². The van der Waals surface area contributed by atoms with E-state index in [4.69, 9.17) is 4.74 Å². The Hall–Kier alpha value is -2.19. The van der Waals surface area contributed by atoms with Crippen LogP contribution >= 0.6 is 0 Å². The Morgan fingerprint density at radius 2 is 2.22 bits per heavy atom. The van der Waals surface area contributed by atoms with Crippen LogP contribution in [-0.2, 0) is 9.47 Å². The van der Waals surface area contributed by atoms with Crippen LogP contribution in [0, 0.1) is 10.1 Å². The van der Waals surface area contributed by atoms with Gasteiger partial charge < -0.3 is 14.4 Å². The highest BCUT2D eigenvalue weighted by Crippen LogP contribution is 2.30. The fourth-order valence-electron chi connectivity index (χ4n) is 3.22. The fourth-order valence-corrected chi connectivity index (χ4v) is 3.22. The van der Waals surface area contributed by atoms with Crippen molar-refractivity contribution in [3.8, 4) is 0 Å². The molecule has 8 nitrogen and oxygen atoms in total. The average molecular weight is 321 g/mol. The number of morpholine rings is 1. The second-order valence-electron chi connectivity index (χ2n) is 5.81. The molecule has 0 bridgehead atoms. The number of anilines is 1. The van der Waals surface area contributed by atoms with Crippen molar-refractivity contribution in [1.82, 2.24) is 4.90 Å². The second-order valence-corrected chi connectivity index (χ2v) is 5.81. The molecule has 2 atom stereocenters. The van der Waals surface area contributed by atoms with Crippen LogP contribution in [-0.4, -0.2) is 68.3 Å². The van der Waals surface area contributed by atoms with Gasteiger partial charge in [0.1, 0.15) is 5.56 Å². The van der Waals surface area contributed by atoms with E-state index in [1.165, 1.54) is 19.2 Å². The quantitative estimate of drug-likeness (QED) is 0.464. The lowest BCUT2D eigenvalue weighted by atomic mass is 10.1. The lowest BCUT2D eigenvalue weighted by molar-refractivity contribution is -0.385. The summed E-state index contributed by atoms with van der Waals surface area (Å²) in [7, 11) is 3.28. The molecule has 0 saturated carbocycles. The maximum atomic E-state index is 11.8. The number of nitro benzene ring substituents is 1. The van der Waals surface area contributed by atoms with Crippen molar-refractivity contribution in [3.63, 3.8) is 0 Å². The molecule has 1 aromatic carbocycles. The highest BCUT2D eigenvalue weighted by molar-refractivity contribution is 5.95. The largest absolute Gasteiger partial charge is 0.465 e. The van der Waals surface area contributed by atoms with E-state index in [-0.39, 0.29) is 17.4 Å². The molecule has 0 amide bonds. The summed E-state index contributed by atoms with van der Waals surface area (Å²) in [5, 5.41) is 11.1. The monoisotopic (exact) mass is 321 g/mol. The SMILES string of the molecule is COC(=O)c1cc(N2CC3OCCN(C)C3C2)ccc1[N+](=O)[O-]. The topological polar surface area (TPSA) is 85.1 Å². The Morgan fingerprint density at radius 3 is 2.87 bits per heavy atom. The van der Waals surface area contributed by atoms with E-state index in [0.29, 0.717) is 19.2 Å². The Morgan fingerprint density at radius 1 is 1.43 bits per heavy atom. The van der Waals surface area contributed by atoms with E-state index < -0.39 is 10.9 Å². The van der Waals surface area contributed by atoms with Gasteiger partial charge in [-0.2, -0.15) is 0 Å². The zero-order chi connectivity index (χ0) is 16.6. The molecule has 1 aromatic rings. The van der Waals surface area contributed by atoms with Gasteiger partial charge in [0.05, 0.1) is 30.8 Å². The van der Waals surface area contributed by atoms with Crippen molar-refractivity contribution in [2.45, 2.75) is 12.1 Å². The summed E-state index contributed by atoms with van der Waals surface area (Å²) in [6.07, 6.45) is 0.116.